The molecule has 0 aromatic heterocycles. The average Bonchev–Trinajstić information content (AvgIpc) is 2.78. The van der Waals surface area contributed by atoms with Crippen LogP contribution >= 0.6 is 15.9 Å². The van der Waals surface area contributed by atoms with Gasteiger partial charge >= 0.3 is 0 Å². The van der Waals surface area contributed by atoms with Crippen LogP contribution in [0.3, 0.4) is 0 Å². The first kappa shape index (κ1) is 25.5. The second-order valence-electron chi connectivity index (χ2n) is 7.46. The van der Waals surface area contributed by atoms with Crippen molar-refractivity contribution in [2.24, 2.45) is 5.14 Å². The molecule has 0 saturated heterocycles. The van der Waals surface area contributed by atoms with Gasteiger partial charge in [-0.3, -0.25) is 4.79 Å². The van der Waals surface area contributed by atoms with E-state index in [0.717, 1.165) is 16.8 Å². The molecule has 0 spiro atoms. The van der Waals surface area contributed by atoms with E-state index in [4.69, 9.17) is 14.6 Å². The average molecular weight is 548 g/mol. The lowest BCUT2D eigenvalue weighted by atomic mass is 10.2. The molecule has 3 aromatic rings. The molecule has 0 bridgehead atoms. The van der Waals surface area contributed by atoms with Crippen LogP contribution in [0.2, 0.25) is 0 Å². The van der Waals surface area contributed by atoms with Gasteiger partial charge in [0.25, 0.3) is 5.91 Å². The maximum Gasteiger partial charge on any atom is 0.262 e. The van der Waals surface area contributed by atoms with Gasteiger partial charge in [0.05, 0.1) is 16.0 Å². The van der Waals surface area contributed by atoms with Crippen molar-refractivity contribution < 1.29 is 22.7 Å². The number of nitrogens with one attached hydrogen (secondary N) is 2. The lowest BCUT2D eigenvalue weighted by Gasteiger charge is -2.16. The van der Waals surface area contributed by atoms with Gasteiger partial charge in [-0.15, -0.1) is 0 Å². The maximum absolute atomic E-state index is 12.3. The van der Waals surface area contributed by atoms with Gasteiger partial charge in [0.2, 0.25) is 10.0 Å². The second-order valence-corrected chi connectivity index (χ2v) is 9.88. The van der Waals surface area contributed by atoms with Gasteiger partial charge in [-0.1, -0.05) is 17.7 Å². The normalized spacial score (nSPS) is 11.1. The van der Waals surface area contributed by atoms with Crippen molar-refractivity contribution in [2.45, 2.75) is 25.3 Å². The Morgan fingerprint density at radius 1 is 1.00 bits per heavy atom. The SMILES string of the molecule is CCOc1cc(CNc2ccc(S(N)(=O)=O)cc2)cc(Br)c1OCC(=O)Nc1ccc(C)cc1. The number of ether oxygens (including phenoxy) is 2. The Hall–Kier alpha value is -3.08. The molecule has 0 aliphatic rings. The van der Waals surface area contributed by atoms with Gasteiger partial charge in [-0.2, -0.15) is 0 Å². The molecule has 34 heavy (non-hydrogen) atoms. The zero-order valence-electron chi connectivity index (χ0n) is 18.8. The predicted octanol–water partition coefficient (Wildman–Crippen LogP) is 4.43. The second kappa shape index (κ2) is 11.4. The minimum absolute atomic E-state index is 0.0485. The minimum Gasteiger partial charge on any atom is -0.490 e. The van der Waals surface area contributed by atoms with Crippen LogP contribution in [0.1, 0.15) is 18.1 Å². The van der Waals surface area contributed by atoms with Crippen molar-refractivity contribution >= 4 is 43.2 Å². The third kappa shape index (κ3) is 7.21. The molecule has 0 radical (unpaired) electrons. The van der Waals surface area contributed by atoms with Crippen molar-refractivity contribution in [1.82, 2.24) is 0 Å². The maximum atomic E-state index is 12.3. The highest BCUT2D eigenvalue weighted by Gasteiger charge is 2.15. The first-order valence-electron chi connectivity index (χ1n) is 10.5. The Kier molecular flexibility index (Phi) is 8.54. The molecular formula is C24H26BrN3O5S. The molecule has 0 unspecified atom stereocenters. The Morgan fingerprint density at radius 3 is 2.26 bits per heavy atom. The summed E-state index contributed by atoms with van der Waals surface area (Å²) in [6.07, 6.45) is 0. The molecular weight excluding hydrogens is 522 g/mol. The summed E-state index contributed by atoms with van der Waals surface area (Å²) in [4.78, 5) is 12.4. The van der Waals surface area contributed by atoms with Gasteiger partial charge < -0.3 is 20.1 Å². The standard InChI is InChI=1S/C24H26BrN3O5S/c1-3-32-22-13-17(14-27-18-8-10-20(11-9-18)34(26,30)31)12-21(25)24(22)33-15-23(29)28-19-6-4-16(2)5-7-19/h4-13,27H,3,14-15H2,1-2H3,(H,28,29)(H2,26,30,31). The number of hydrogen-bond acceptors (Lipinski definition) is 6. The van der Waals surface area contributed by atoms with E-state index in [2.05, 4.69) is 26.6 Å². The van der Waals surface area contributed by atoms with Crippen LogP contribution in [0, 0.1) is 6.92 Å². The molecule has 0 aliphatic heterocycles. The van der Waals surface area contributed by atoms with Gasteiger partial charge in [-0.05, 0) is 83.9 Å². The van der Waals surface area contributed by atoms with E-state index >= 15 is 0 Å². The predicted molar refractivity (Wildman–Crippen MR) is 136 cm³/mol. The number of rotatable bonds is 10. The van der Waals surface area contributed by atoms with Crippen molar-refractivity contribution in [1.29, 1.82) is 0 Å². The van der Waals surface area contributed by atoms with Crippen LogP contribution in [0.4, 0.5) is 11.4 Å². The summed E-state index contributed by atoms with van der Waals surface area (Å²) in [5.74, 6) is 0.649. The van der Waals surface area contributed by atoms with Gasteiger partial charge in [0, 0.05) is 17.9 Å². The molecule has 4 N–H and O–H groups in total. The first-order valence-corrected chi connectivity index (χ1v) is 12.8. The largest absolute Gasteiger partial charge is 0.490 e. The van der Waals surface area contributed by atoms with E-state index in [1.807, 2.05) is 50.2 Å². The molecule has 0 heterocycles. The molecule has 0 fully saturated rings. The summed E-state index contributed by atoms with van der Waals surface area (Å²) in [5, 5.41) is 11.1. The molecule has 10 heteroatoms. The van der Waals surface area contributed by atoms with Crippen LogP contribution in [0.25, 0.3) is 0 Å². The number of halogens is 1. The summed E-state index contributed by atoms with van der Waals surface area (Å²) in [5.41, 5.74) is 3.42. The highest BCUT2D eigenvalue weighted by molar-refractivity contribution is 9.10. The smallest absolute Gasteiger partial charge is 0.262 e. The summed E-state index contributed by atoms with van der Waals surface area (Å²) < 4.78 is 34.9. The molecule has 0 saturated carbocycles. The van der Waals surface area contributed by atoms with E-state index in [1.54, 1.807) is 12.1 Å². The van der Waals surface area contributed by atoms with Crippen LogP contribution in [-0.4, -0.2) is 27.5 Å². The Bertz CT molecular complexity index is 1250. The number of amides is 1. The first-order chi connectivity index (χ1) is 16.2. The quantitative estimate of drug-likeness (QED) is 0.345. The molecule has 0 atom stereocenters. The van der Waals surface area contributed by atoms with Gasteiger partial charge in [0.1, 0.15) is 0 Å². The number of anilines is 2. The van der Waals surface area contributed by atoms with E-state index in [0.29, 0.717) is 34.8 Å². The van der Waals surface area contributed by atoms with Gasteiger partial charge in [0.15, 0.2) is 18.1 Å². The van der Waals surface area contributed by atoms with E-state index in [9.17, 15) is 13.2 Å². The van der Waals surface area contributed by atoms with Crippen LogP contribution < -0.4 is 25.2 Å². The van der Waals surface area contributed by atoms with Crippen LogP contribution in [0.5, 0.6) is 11.5 Å². The number of aryl methyl sites for hydroxylation is 1. The number of carbonyl (C=O) groups excluding carboxylic acids is 1. The highest BCUT2D eigenvalue weighted by Crippen LogP contribution is 2.37. The fraction of sp³-hybridized carbons (Fsp3) is 0.208. The van der Waals surface area contributed by atoms with E-state index in [-0.39, 0.29) is 17.4 Å². The number of carbonyl (C=O) groups is 1. The Labute approximate surface area is 207 Å². The Balaban J connectivity index is 1.66. The lowest BCUT2D eigenvalue weighted by Crippen LogP contribution is -2.20. The zero-order chi connectivity index (χ0) is 24.7. The summed E-state index contributed by atoms with van der Waals surface area (Å²) in [7, 11) is -3.73. The van der Waals surface area contributed by atoms with Crippen LogP contribution in [0.15, 0.2) is 70.0 Å². The molecule has 3 rings (SSSR count). The number of primary sulfonamides is 1. The zero-order valence-corrected chi connectivity index (χ0v) is 21.2. The molecule has 8 nitrogen and oxygen atoms in total. The monoisotopic (exact) mass is 547 g/mol. The van der Waals surface area contributed by atoms with Crippen molar-refractivity contribution in [3.05, 3.63) is 76.3 Å². The fourth-order valence-electron chi connectivity index (χ4n) is 3.06. The third-order valence-corrected chi connectivity index (χ3v) is 6.25. The number of benzene rings is 3. The molecule has 3 aromatic carbocycles. The third-order valence-electron chi connectivity index (χ3n) is 4.73. The number of nitrogens with two attached hydrogens (primary N) is 1. The summed E-state index contributed by atoms with van der Waals surface area (Å²) in [6.45, 7) is 4.52. The summed E-state index contributed by atoms with van der Waals surface area (Å²) >= 11 is 3.51. The minimum atomic E-state index is -3.73. The van der Waals surface area contributed by atoms with E-state index < -0.39 is 10.0 Å². The highest BCUT2D eigenvalue weighted by atomic mass is 79.9. The number of sulfonamides is 1. The van der Waals surface area contributed by atoms with Crippen molar-refractivity contribution in [3.63, 3.8) is 0 Å². The van der Waals surface area contributed by atoms with E-state index in [1.165, 1.54) is 12.1 Å². The lowest BCUT2D eigenvalue weighted by molar-refractivity contribution is -0.118. The molecule has 180 valence electrons. The fourth-order valence-corrected chi connectivity index (χ4v) is 4.18. The van der Waals surface area contributed by atoms with Crippen molar-refractivity contribution in [3.8, 4) is 11.5 Å². The summed E-state index contributed by atoms with van der Waals surface area (Å²) in [6, 6.07) is 17.4. The molecule has 0 aliphatic carbocycles. The topological polar surface area (TPSA) is 120 Å². The molecule has 1 amide bonds. The van der Waals surface area contributed by atoms with Gasteiger partial charge in [-0.25, -0.2) is 13.6 Å². The van der Waals surface area contributed by atoms with Crippen molar-refractivity contribution in [2.75, 3.05) is 23.8 Å². The number of hydrogen-bond donors (Lipinski definition) is 3. The Morgan fingerprint density at radius 2 is 1.65 bits per heavy atom. The van der Waals surface area contributed by atoms with Crippen LogP contribution in [-0.2, 0) is 21.4 Å².